The predicted octanol–water partition coefficient (Wildman–Crippen LogP) is 7.99. The first-order valence-electron chi connectivity index (χ1n) is 13.8. The Morgan fingerprint density at radius 3 is 2.00 bits per heavy atom. The molecule has 0 aliphatic heterocycles. The first kappa shape index (κ1) is 28.1. The van der Waals surface area contributed by atoms with Gasteiger partial charge in [0.05, 0.1) is 18.7 Å². The van der Waals surface area contributed by atoms with Gasteiger partial charge in [0.25, 0.3) is 5.56 Å². The molecule has 0 aliphatic carbocycles. The van der Waals surface area contributed by atoms with Gasteiger partial charge < -0.3 is 19.1 Å². The largest absolute Gasteiger partial charge is 0.500 e. The van der Waals surface area contributed by atoms with E-state index >= 15 is 0 Å². The van der Waals surface area contributed by atoms with Crippen LogP contribution in [0.25, 0.3) is 10.9 Å². The number of unbranched alkanes of at least 4 members (excludes halogenated alkanes) is 11. The summed E-state index contributed by atoms with van der Waals surface area (Å²) in [5.74, 6) is 0.785. The molecule has 2 rings (SSSR count). The molecule has 1 heterocycles. The van der Waals surface area contributed by atoms with E-state index in [1.54, 1.807) is 4.57 Å². The topological polar surface area (TPSA) is 60.7 Å². The number of aromatic nitrogens is 1. The number of hydrogen-bond acceptors (Lipinski definition) is 4. The Kier molecular flexibility index (Phi) is 13.6. The molecule has 1 aromatic carbocycles. The summed E-state index contributed by atoms with van der Waals surface area (Å²) in [6, 6.07) is 5.78. The van der Waals surface area contributed by atoms with E-state index in [4.69, 9.17) is 9.47 Å². The van der Waals surface area contributed by atoms with Crippen LogP contribution in [0, 0.1) is 0 Å². The summed E-state index contributed by atoms with van der Waals surface area (Å²) in [4.78, 5) is 13.1. The Balaban J connectivity index is 2.18. The third kappa shape index (κ3) is 8.88. The predicted molar refractivity (Wildman–Crippen MR) is 143 cm³/mol. The van der Waals surface area contributed by atoms with Crippen LogP contribution in [0.15, 0.2) is 23.0 Å². The Morgan fingerprint density at radius 1 is 0.735 bits per heavy atom. The third-order valence-electron chi connectivity index (χ3n) is 6.41. The van der Waals surface area contributed by atoms with E-state index in [0.29, 0.717) is 25.5 Å². The molecule has 2 aromatic rings. The monoisotopic (exact) mass is 473 g/mol. The molecule has 0 spiro atoms. The summed E-state index contributed by atoms with van der Waals surface area (Å²) < 4.78 is 13.6. The number of fused-ring (bicyclic) bond motifs is 1. The van der Waals surface area contributed by atoms with Gasteiger partial charge in [-0.1, -0.05) is 91.4 Å². The van der Waals surface area contributed by atoms with Crippen molar-refractivity contribution in [3.8, 4) is 17.2 Å². The summed E-state index contributed by atoms with van der Waals surface area (Å²) in [5.41, 5.74) is 0.406. The van der Waals surface area contributed by atoms with Gasteiger partial charge in [0.2, 0.25) is 5.75 Å². The highest BCUT2D eigenvalue weighted by molar-refractivity contribution is 5.88. The lowest BCUT2D eigenvalue weighted by Gasteiger charge is -2.17. The van der Waals surface area contributed by atoms with Gasteiger partial charge in [0.1, 0.15) is 5.75 Å². The van der Waals surface area contributed by atoms with Gasteiger partial charge in [-0.3, -0.25) is 4.79 Å². The molecule has 0 atom stereocenters. The van der Waals surface area contributed by atoms with Crippen LogP contribution in [0.2, 0.25) is 0 Å². The van der Waals surface area contributed by atoms with Gasteiger partial charge in [-0.25, -0.2) is 0 Å². The zero-order valence-corrected chi connectivity index (χ0v) is 21.9. The number of aromatic hydroxyl groups is 1. The molecule has 0 saturated heterocycles. The average Bonchev–Trinajstić information content (AvgIpc) is 2.84. The van der Waals surface area contributed by atoms with Crippen molar-refractivity contribution in [1.29, 1.82) is 0 Å². The standard InChI is InChI=1S/C29H47NO4/c1-4-7-10-12-14-16-20-30-26-23-24(33-22-17-15-13-11-8-5-2)18-19-25(26)28(27(31)29(30)32)34-21-9-6-3/h18-19,23,31H,4-17,20-22H2,1-3H3. The molecule has 0 aliphatic rings. The third-order valence-corrected chi connectivity index (χ3v) is 6.41. The molecular formula is C29H47NO4. The fourth-order valence-electron chi connectivity index (χ4n) is 4.29. The van der Waals surface area contributed by atoms with Crippen molar-refractivity contribution in [2.45, 2.75) is 117 Å². The molecule has 0 saturated carbocycles. The van der Waals surface area contributed by atoms with Gasteiger partial charge in [-0.2, -0.15) is 0 Å². The molecule has 0 fully saturated rings. The molecule has 0 bridgehead atoms. The molecular weight excluding hydrogens is 426 g/mol. The lowest BCUT2D eigenvalue weighted by Crippen LogP contribution is -2.21. The van der Waals surface area contributed by atoms with Crippen LogP contribution in [0.3, 0.4) is 0 Å². The maximum atomic E-state index is 13.1. The number of aryl methyl sites for hydroxylation is 1. The second kappa shape index (κ2) is 16.5. The van der Waals surface area contributed by atoms with E-state index in [1.165, 1.54) is 57.8 Å². The Bertz CT molecular complexity index is 890. The number of ether oxygens (including phenoxy) is 2. The van der Waals surface area contributed by atoms with Gasteiger partial charge in [0.15, 0.2) is 5.75 Å². The number of benzene rings is 1. The van der Waals surface area contributed by atoms with Crippen LogP contribution >= 0.6 is 0 Å². The number of hydrogen-bond donors (Lipinski definition) is 1. The normalized spacial score (nSPS) is 11.3. The Morgan fingerprint density at radius 2 is 1.32 bits per heavy atom. The highest BCUT2D eigenvalue weighted by Crippen LogP contribution is 2.34. The van der Waals surface area contributed by atoms with Crippen molar-refractivity contribution >= 4 is 10.9 Å². The fraction of sp³-hybridized carbons (Fsp3) is 0.690. The molecule has 0 amide bonds. The van der Waals surface area contributed by atoms with Crippen LogP contribution < -0.4 is 15.0 Å². The first-order chi connectivity index (χ1) is 16.6. The lowest BCUT2D eigenvalue weighted by molar-refractivity contribution is 0.293. The van der Waals surface area contributed by atoms with Gasteiger partial charge in [0, 0.05) is 18.0 Å². The van der Waals surface area contributed by atoms with Crippen molar-refractivity contribution in [3.63, 3.8) is 0 Å². The number of pyridine rings is 1. The zero-order chi connectivity index (χ0) is 24.6. The molecule has 192 valence electrons. The average molecular weight is 474 g/mol. The highest BCUT2D eigenvalue weighted by Gasteiger charge is 2.18. The molecule has 5 nitrogen and oxygen atoms in total. The molecule has 5 heteroatoms. The molecule has 1 aromatic heterocycles. The number of nitrogens with zero attached hydrogens (tertiary/aromatic N) is 1. The molecule has 1 N–H and O–H groups in total. The summed E-state index contributed by atoms with van der Waals surface area (Å²) in [5, 5.41) is 11.5. The maximum Gasteiger partial charge on any atom is 0.297 e. The maximum absolute atomic E-state index is 13.1. The van der Waals surface area contributed by atoms with Gasteiger partial charge in [-0.15, -0.1) is 0 Å². The second-order valence-electron chi connectivity index (χ2n) is 9.40. The second-order valence-corrected chi connectivity index (χ2v) is 9.40. The van der Waals surface area contributed by atoms with Crippen LogP contribution in [-0.2, 0) is 6.54 Å². The van der Waals surface area contributed by atoms with E-state index in [9.17, 15) is 9.90 Å². The smallest absolute Gasteiger partial charge is 0.297 e. The van der Waals surface area contributed by atoms with Crippen LogP contribution in [0.5, 0.6) is 17.2 Å². The number of rotatable bonds is 19. The first-order valence-corrected chi connectivity index (χ1v) is 13.8. The Labute approximate surface area is 206 Å². The van der Waals surface area contributed by atoms with E-state index in [0.717, 1.165) is 48.8 Å². The van der Waals surface area contributed by atoms with Crippen molar-refractivity contribution in [1.82, 2.24) is 4.57 Å². The van der Waals surface area contributed by atoms with E-state index in [-0.39, 0.29) is 11.3 Å². The molecule has 0 unspecified atom stereocenters. The van der Waals surface area contributed by atoms with Crippen LogP contribution in [0.4, 0.5) is 0 Å². The van der Waals surface area contributed by atoms with E-state index < -0.39 is 0 Å². The Hall–Kier alpha value is -2.17. The zero-order valence-electron chi connectivity index (χ0n) is 21.9. The fourth-order valence-corrected chi connectivity index (χ4v) is 4.29. The molecule has 34 heavy (non-hydrogen) atoms. The summed E-state index contributed by atoms with van der Waals surface area (Å²) in [7, 11) is 0. The van der Waals surface area contributed by atoms with Gasteiger partial charge in [-0.05, 0) is 31.4 Å². The summed E-state index contributed by atoms with van der Waals surface area (Å²) in [6.07, 6.45) is 16.1. The van der Waals surface area contributed by atoms with Crippen molar-refractivity contribution in [2.75, 3.05) is 13.2 Å². The minimum Gasteiger partial charge on any atom is -0.500 e. The van der Waals surface area contributed by atoms with Crippen LogP contribution in [-0.4, -0.2) is 22.9 Å². The van der Waals surface area contributed by atoms with Crippen LogP contribution in [0.1, 0.15) is 111 Å². The SMILES string of the molecule is CCCCCCCCOc1ccc2c(OCCCC)c(O)c(=O)n(CCCCCCCC)c2c1. The van der Waals surface area contributed by atoms with E-state index in [2.05, 4.69) is 20.8 Å². The van der Waals surface area contributed by atoms with Crippen molar-refractivity contribution < 1.29 is 14.6 Å². The lowest BCUT2D eigenvalue weighted by atomic mass is 10.1. The van der Waals surface area contributed by atoms with E-state index in [1.807, 2.05) is 18.2 Å². The summed E-state index contributed by atoms with van der Waals surface area (Å²) >= 11 is 0. The minimum atomic E-state index is -0.374. The van der Waals surface area contributed by atoms with Crippen molar-refractivity contribution in [3.05, 3.63) is 28.6 Å². The highest BCUT2D eigenvalue weighted by atomic mass is 16.5. The van der Waals surface area contributed by atoms with Gasteiger partial charge >= 0.3 is 0 Å². The molecule has 0 radical (unpaired) electrons. The summed E-state index contributed by atoms with van der Waals surface area (Å²) in [6.45, 7) is 8.28. The quantitative estimate of drug-likeness (QED) is 0.210. The van der Waals surface area contributed by atoms with Crippen molar-refractivity contribution in [2.24, 2.45) is 0 Å². The minimum absolute atomic E-state index is 0.282.